The number of aryl methyl sites for hydroxylation is 1. The van der Waals surface area contributed by atoms with E-state index in [1.54, 1.807) is 6.07 Å². The number of benzene rings is 1. The van der Waals surface area contributed by atoms with Gasteiger partial charge in [0, 0.05) is 18.2 Å². The zero-order valence-corrected chi connectivity index (χ0v) is 17.4. The minimum absolute atomic E-state index is 0.00400. The average molecular weight is 423 g/mol. The molecule has 1 aromatic carbocycles. The Labute approximate surface area is 180 Å². The average Bonchev–Trinajstić information content (AvgIpc) is 3.56. The Morgan fingerprint density at radius 3 is 2.68 bits per heavy atom. The smallest absolute Gasteiger partial charge is 0.273 e. The van der Waals surface area contributed by atoms with Crippen LogP contribution in [0.25, 0.3) is 11.3 Å². The highest BCUT2D eigenvalue weighted by atomic mass is 16.6. The Hall–Kier alpha value is -3.26. The highest BCUT2D eigenvalue weighted by molar-refractivity contribution is 5.93. The second-order valence-electron chi connectivity index (χ2n) is 7.85. The van der Waals surface area contributed by atoms with Crippen LogP contribution in [0.4, 0.5) is 0 Å². The van der Waals surface area contributed by atoms with E-state index < -0.39 is 0 Å². The van der Waals surface area contributed by atoms with Gasteiger partial charge >= 0.3 is 0 Å². The Bertz CT molecular complexity index is 1070. The molecule has 162 valence electrons. The molecule has 1 atom stereocenters. The van der Waals surface area contributed by atoms with E-state index in [-0.39, 0.29) is 17.6 Å². The molecule has 31 heavy (non-hydrogen) atoms. The van der Waals surface area contributed by atoms with Gasteiger partial charge in [-0.1, -0.05) is 5.16 Å². The number of aromatic nitrogens is 1. The van der Waals surface area contributed by atoms with Crippen molar-refractivity contribution >= 4 is 5.91 Å². The van der Waals surface area contributed by atoms with Gasteiger partial charge in [0.2, 0.25) is 0 Å². The van der Waals surface area contributed by atoms with Crippen LogP contribution >= 0.6 is 0 Å². The third kappa shape index (κ3) is 4.16. The van der Waals surface area contributed by atoms with E-state index in [0.29, 0.717) is 37.0 Å². The van der Waals surface area contributed by atoms with Crippen LogP contribution in [-0.2, 0) is 0 Å². The number of likely N-dealkylation sites (tertiary alicyclic amines) is 1. The number of hydrogen-bond donors (Lipinski definition) is 1. The molecule has 4 heterocycles. The fourth-order valence-electron chi connectivity index (χ4n) is 4.09. The van der Waals surface area contributed by atoms with Gasteiger partial charge in [-0.2, -0.15) is 0 Å². The minimum Gasteiger partial charge on any atom is -0.486 e. The summed E-state index contributed by atoms with van der Waals surface area (Å²) in [6, 6.07) is 11.1. The molecule has 0 saturated carbocycles. The number of nitrogens with zero attached hydrogens (tertiary/aromatic N) is 2. The van der Waals surface area contributed by atoms with E-state index in [1.807, 2.05) is 37.3 Å². The largest absolute Gasteiger partial charge is 0.486 e. The molecule has 2 aromatic heterocycles. The van der Waals surface area contributed by atoms with Crippen molar-refractivity contribution in [2.45, 2.75) is 25.8 Å². The lowest BCUT2D eigenvalue weighted by molar-refractivity contribution is 0.0924. The van der Waals surface area contributed by atoms with Crippen LogP contribution in [-0.4, -0.2) is 48.8 Å². The van der Waals surface area contributed by atoms with E-state index in [4.69, 9.17) is 18.4 Å². The molecule has 3 aromatic rings. The standard InChI is InChI=1S/C23H25N3O5/c1-15-4-6-19(30-15)18(26-8-2-3-9-26)14-24-23(27)17-13-21(31-25-17)16-5-7-20-22(12-16)29-11-10-28-20/h4-7,12-13,18H,2-3,8-11,14H2,1H3,(H,24,27). The summed E-state index contributed by atoms with van der Waals surface area (Å²) < 4.78 is 22.4. The van der Waals surface area contributed by atoms with Crippen molar-refractivity contribution in [3.05, 3.63) is 53.6 Å². The summed E-state index contributed by atoms with van der Waals surface area (Å²) in [4.78, 5) is 15.1. The molecular weight excluding hydrogens is 398 g/mol. The van der Waals surface area contributed by atoms with E-state index in [1.165, 1.54) is 0 Å². The zero-order valence-electron chi connectivity index (χ0n) is 17.4. The van der Waals surface area contributed by atoms with Crippen molar-refractivity contribution in [2.75, 3.05) is 32.8 Å². The molecular formula is C23H25N3O5. The maximum atomic E-state index is 12.8. The molecule has 1 N–H and O–H groups in total. The van der Waals surface area contributed by atoms with Crippen molar-refractivity contribution in [3.63, 3.8) is 0 Å². The lowest BCUT2D eigenvalue weighted by atomic mass is 10.1. The number of carbonyl (C=O) groups is 1. The van der Waals surface area contributed by atoms with Crippen LogP contribution in [0.5, 0.6) is 11.5 Å². The maximum absolute atomic E-state index is 12.8. The molecule has 0 bridgehead atoms. The second kappa shape index (κ2) is 8.47. The number of fused-ring (bicyclic) bond motifs is 1. The number of hydrogen-bond acceptors (Lipinski definition) is 7. The molecule has 1 fully saturated rings. The predicted molar refractivity (Wildman–Crippen MR) is 112 cm³/mol. The summed E-state index contributed by atoms with van der Waals surface area (Å²) in [5.41, 5.74) is 1.01. The van der Waals surface area contributed by atoms with Crippen molar-refractivity contribution in [1.82, 2.24) is 15.4 Å². The van der Waals surface area contributed by atoms with Gasteiger partial charge in [-0.15, -0.1) is 0 Å². The minimum atomic E-state index is -0.278. The first-order valence-electron chi connectivity index (χ1n) is 10.6. The van der Waals surface area contributed by atoms with Gasteiger partial charge in [0.1, 0.15) is 24.7 Å². The van der Waals surface area contributed by atoms with Gasteiger partial charge < -0.3 is 23.7 Å². The molecule has 2 aliphatic heterocycles. The van der Waals surface area contributed by atoms with E-state index in [2.05, 4.69) is 15.4 Å². The van der Waals surface area contributed by atoms with E-state index in [9.17, 15) is 4.79 Å². The first-order chi connectivity index (χ1) is 15.2. The number of nitrogens with one attached hydrogen (secondary N) is 1. The first kappa shape index (κ1) is 19.7. The fraction of sp³-hybridized carbons (Fsp3) is 0.391. The topological polar surface area (TPSA) is 90.0 Å². The van der Waals surface area contributed by atoms with Gasteiger partial charge in [-0.25, -0.2) is 0 Å². The van der Waals surface area contributed by atoms with Crippen LogP contribution in [0.2, 0.25) is 0 Å². The summed E-state index contributed by atoms with van der Waals surface area (Å²) in [5, 5.41) is 6.95. The van der Waals surface area contributed by atoms with Crippen molar-refractivity contribution in [1.29, 1.82) is 0 Å². The third-order valence-corrected chi connectivity index (χ3v) is 5.70. The number of furan rings is 1. The SMILES string of the molecule is Cc1ccc(C(CNC(=O)c2cc(-c3ccc4c(c3)OCCO4)on2)N2CCCC2)o1. The molecule has 0 aliphatic carbocycles. The van der Waals surface area contributed by atoms with Gasteiger partial charge in [0.15, 0.2) is 23.0 Å². The van der Waals surface area contributed by atoms with Gasteiger partial charge in [-0.3, -0.25) is 9.69 Å². The molecule has 8 nitrogen and oxygen atoms in total. The first-order valence-corrected chi connectivity index (χ1v) is 10.6. The maximum Gasteiger partial charge on any atom is 0.273 e. The van der Waals surface area contributed by atoms with Crippen LogP contribution in [0.15, 0.2) is 45.3 Å². The Balaban J connectivity index is 1.28. The number of carbonyl (C=O) groups excluding carboxylic acids is 1. The van der Waals surface area contributed by atoms with Gasteiger partial charge in [-0.05, 0) is 63.2 Å². The Kier molecular flexibility index (Phi) is 5.38. The van der Waals surface area contributed by atoms with Crippen molar-refractivity contribution in [2.24, 2.45) is 0 Å². The quantitative estimate of drug-likeness (QED) is 0.648. The molecule has 1 unspecified atom stereocenters. The monoisotopic (exact) mass is 423 g/mol. The summed E-state index contributed by atoms with van der Waals surface area (Å²) in [5.74, 6) is 3.32. The van der Waals surface area contributed by atoms with Gasteiger partial charge in [0.25, 0.3) is 5.91 Å². The molecule has 0 spiro atoms. The summed E-state index contributed by atoms with van der Waals surface area (Å²) >= 11 is 0. The highest BCUT2D eigenvalue weighted by Crippen LogP contribution is 2.34. The fourth-order valence-corrected chi connectivity index (χ4v) is 4.09. The van der Waals surface area contributed by atoms with E-state index >= 15 is 0 Å². The van der Waals surface area contributed by atoms with E-state index in [0.717, 1.165) is 43.0 Å². The lowest BCUT2D eigenvalue weighted by Crippen LogP contribution is -2.36. The number of ether oxygens (including phenoxy) is 2. The van der Waals surface area contributed by atoms with Crippen LogP contribution in [0, 0.1) is 6.92 Å². The summed E-state index contributed by atoms with van der Waals surface area (Å²) in [6.07, 6.45) is 2.32. The summed E-state index contributed by atoms with van der Waals surface area (Å²) in [7, 11) is 0. The van der Waals surface area contributed by atoms with Crippen LogP contribution in [0.3, 0.4) is 0 Å². The Morgan fingerprint density at radius 2 is 1.90 bits per heavy atom. The molecule has 8 heteroatoms. The Morgan fingerprint density at radius 1 is 1.10 bits per heavy atom. The molecule has 1 saturated heterocycles. The van der Waals surface area contributed by atoms with Gasteiger partial charge in [0.05, 0.1) is 6.04 Å². The van der Waals surface area contributed by atoms with Crippen molar-refractivity contribution < 1.29 is 23.2 Å². The molecule has 1 amide bonds. The molecule has 5 rings (SSSR count). The lowest BCUT2D eigenvalue weighted by Gasteiger charge is -2.25. The molecule has 2 aliphatic rings. The molecule has 0 radical (unpaired) electrons. The zero-order chi connectivity index (χ0) is 21.2. The number of rotatable bonds is 6. The van der Waals surface area contributed by atoms with Crippen LogP contribution in [0.1, 0.15) is 40.9 Å². The van der Waals surface area contributed by atoms with Crippen molar-refractivity contribution in [3.8, 4) is 22.8 Å². The second-order valence-corrected chi connectivity index (χ2v) is 7.85. The number of amides is 1. The normalized spacial score (nSPS) is 16.9. The third-order valence-electron chi connectivity index (χ3n) is 5.70. The highest BCUT2D eigenvalue weighted by Gasteiger charge is 2.27. The van der Waals surface area contributed by atoms with Crippen LogP contribution < -0.4 is 14.8 Å². The summed E-state index contributed by atoms with van der Waals surface area (Å²) in [6.45, 7) is 5.41. The predicted octanol–water partition coefficient (Wildman–Crippen LogP) is 3.58.